The summed E-state index contributed by atoms with van der Waals surface area (Å²) in [6, 6.07) is 3.03. The van der Waals surface area contributed by atoms with Gasteiger partial charge in [0.1, 0.15) is 5.75 Å². The fraction of sp³-hybridized carbons (Fsp3) is 0.467. The van der Waals surface area contributed by atoms with Gasteiger partial charge >= 0.3 is 5.97 Å². The van der Waals surface area contributed by atoms with Gasteiger partial charge in [-0.05, 0) is 53.0 Å². The van der Waals surface area contributed by atoms with E-state index in [4.69, 9.17) is 9.47 Å². The Kier molecular flexibility index (Phi) is 6.68. The minimum atomic E-state index is -0.687. The maximum Gasteiger partial charge on any atom is 0.335 e. The zero-order chi connectivity index (χ0) is 16.0. The van der Waals surface area contributed by atoms with E-state index in [9.17, 15) is 4.79 Å². The van der Waals surface area contributed by atoms with E-state index in [2.05, 4.69) is 20.9 Å². The van der Waals surface area contributed by atoms with Crippen molar-refractivity contribution >= 4 is 28.2 Å². The highest BCUT2D eigenvalue weighted by molar-refractivity contribution is 9.10. The summed E-state index contributed by atoms with van der Waals surface area (Å²) in [4.78, 5) is 18.2. The summed E-state index contributed by atoms with van der Waals surface area (Å²) in [5.41, 5.74) is 1.69. The molecule has 1 unspecified atom stereocenters. The number of carbonyl (C=O) groups is 1. The van der Waals surface area contributed by atoms with E-state index in [-0.39, 0.29) is 5.97 Å². The molecule has 1 atom stereocenters. The number of nitrogens with zero attached hydrogens (tertiary/aromatic N) is 2. The lowest BCUT2D eigenvalue weighted by Gasteiger charge is -2.16. The lowest BCUT2D eigenvalue weighted by Crippen LogP contribution is -2.17. The van der Waals surface area contributed by atoms with Crippen LogP contribution in [0.1, 0.15) is 24.1 Å². The first-order chi connectivity index (χ1) is 9.90. The van der Waals surface area contributed by atoms with Gasteiger partial charge in [-0.25, -0.2) is 4.79 Å². The van der Waals surface area contributed by atoms with Crippen LogP contribution in [0.4, 0.5) is 0 Å². The Morgan fingerprint density at radius 3 is 2.62 bits per heavy atom. The molecule has 0 amide bonds. The number of ether oxygens (including phenoxy) is 2. The normalized spacial score (nSPS) is 12.3. The van der Waals surface area contributed by atoms with Gasteiger partial charge in [-0.1, -0.05) is 0 Å². The summed E-state index contributed by atoms with van der Waals surface area (Å²) in [5, 5.41) is 0. The third kappa shape index (κ3) is 4.74. The first-order valence-corrected chi connectivity index (χ1v) is 7.40. The Bertz CT molecular complexity index is 507. The van der Waals surface area contributed by atoms with Crippen LogP contribution in [0, 0.1) is 6.92 Å². The maximum atomic E-state index is 12.1. The monoisotopic (exact) mass is 356 g/mol. The highest BCUT2D eigenvalue weighted by atomic mass is 79.9. The number of methoxy groups -OCH3 is 1. The summed E-state index contributed by atoms with van der Waals surface area (Å²) < 4.78 is 11.2. The molecule has 21 heavy (non-hydrogen) atoms. The molecule has 116 valence electrons. The van der Waals surface area contributed by atoms with Crippen molar-refractivity contribution < 1.29 is 14.3 Å². The van der Waals surface area contributed by atoms with E-state index in [1.165, 1.54) is 0 Å². The number of halogens is 1. The molecule has 1 rings (SSSR count). The topological polar surface area (TPSA) is 51.1 Å². The average molecular weight is 357 g/mol. The van der Waals surface area contributed by atoms with E-state index in [0.717, 1.165) is 21.3 Å². The maximum absolute atomic E-state index is 12.1. The molecule has 0 aliphatic carbocycles. The predicted octanol–water partition coefficient (Wildman–Crippen LogP) is 2.96. The van der Waals surface area contributed by atoms with Crippen LogP contribution in [0.15, 0.2) is 21.6 Å². The molecule has 0 spiro atoms. The van der Waals surface area contributed by atoms with Gasteiger partial charge in [-0.2, -0.15) is 0 Å². The Balaban J connectivity index is 3.22. The molecular formula is C15H21BrN2O3. The zero-order valence-electron chi connectivity index (χ0n) is 13.0. The molecule has 0 N–H and O–H groups in total. The number of aliphatic imine (C=N–C) groups is 1. The van der Waals surface area contributed by atoms with E-state index in [1.54, 1.807) is 25.3 Å². The third-order valence-corrected chi connectivity index (χ3v) is 3.32. The molecule has 0 aliphatic heterocycles. The second kappa shape index (κ2) is 8.02. The van der Waals surface area contributed by atoms with Crippen LogP contribution in [0.3, 0.4) is 0 Å². The number of rotatable bonds is 6. The van der Waals surface area contributed by atoms with Crippen molar-refractivity contribution in [3.8, 4) is 5.75 Å². The molecule has 0 saturated heterocycles. The molecule has 6 heteroatoms. The van der Waals surface area contributed by atoms with Gasteiger partial charge in [0, 0.05) is 14.1 Å². The van der Waals surface area contributed by atoms with Crippen molar-refractivity contribution in [2.24, 2.45) is 4.99 Å². The Labute approximate surface area is 134 Å². The minimum Gasteiger partial charge on any atom is -0.495 e. The molecule has 0 aromatic heterocycles. The summed E-state index contributed by atoms with van der Waals surface area (Å²) in [6.07, 6.45) is 1.61. The Morgan fingerprint density at radius 1 is 1.48 bits per heavy atom. The SMILES string of the molecule is CCOC(=O)C(N=CN(C)C)c1cc(C)c(OC)c(Br)c1. The predicted molar refractivity (Wildman–Crippen MR) is 87.0 cm³/mol. The largest absolute Gasteiger partial charge is 0.495 e. The molecule has 0 radical (unpaired) electrons. The summed E-state index contributed by atoms with van der Waals surface area (Å²) in [5.74, 6) is 0.380. The molecule has 1 aromatic carbocycles. The van der Waals surface area contributed by atoms with Crippen LogP contribution in [0.2, 0.25) is 0 Å². The fourth-order valence-corrected chi connectivity index (χ4v) is 2.62. The molecule has 5 nitrogen and oxygen atoms in total. The van der Waals surface area contributed by atoms with Crippen LogP contribution in [0.5, 0.6) is 5.75 Å². The zero-order valence-corrected chi connectivity index (χ0v) is 14.6. The van der Waals surface area contributed by atoms with Crippen molar-refractivity contribution in [1.29, 1.82) is 0 Å². The number of hydrogen-bond donors (Lipinski definition) is 0. The number of esters is 1. The van der Waals surface area contributed by atoms with E-state index in [0.29, 0.717) is 6.61 Å². The third-order valence-electron chi connectivity index (χ3n) is 2.73. The van der Waals surface area contributed by atoms with Gasteiger partial charge in [0.05, 0.1) is 24.5 Å². The second-order valence-electron chi connectivity index (χ2n) is 4.74. The van der Waals surface area contributed by atoms with Gasteiger partial charge in [0.2, 0.25) is 0 Å². The smallest absolute Gasteiger partial charge is 0.335 e. The molecule has 0 fully saturated rings. The van der Waals surface area contributed by atoms with Gasteiger partial charge in [-0.3, -0.25) is 4.99 Å². The highest BCUT2D eigenvalue weighted by Gasteiger charge is 2.22. The molecule has 0 saturated carbocycles. The molecule has 0 bridgehead atoms. The van der Waals surface area contributed by atoms with Crippen LogP contribution in [-0.4, -0.2) is 45.0 Å². The van der Waals surface area contributed by atoms with Crippen LogP contribution < -0.4 is 4.74 Å². The quantitative estimate of drug-likeness (QED) is 0.446. The minimum absolute atomic E-state index is 0.323. The molecular weight excluding hydrogens is 336 g/mol. The highest BCUT2D eigenvalue weighted by Crippen LogP contribution is 2.33. The van der Waals surface area contributed by atoms with Crippen molar-refractivity contribution in [3.05, 3.63) is 27.7 Å². The van der Waals surface area contributed by atoms with E-state index >= 15 is 0 Å². The number of carbonyl (C=O) groups excluding carboxylic acids is 1. The Hall–Kier alpha value is -1.56. The van der Waals surface area contributed by atoms with Crippen molar-refractivity contribution in [2.75, 3.05) is 27.8 Å². The standard InChI is InChI=1S/C15H21BrN2O3/c1-6-21-15(19)13(17-9-18(3)4)11-7-10(2)14(20-5)12(16)8-11/h7-9,13H,6H2,1-5H3. The average Bonchev–Trinajstić information content (AvgIpc) is 2.38. The summed E-state index contributed by atoms with van der Waals surface area (Å²) in [6.45, 7) is 4.02. The van der Waals surface area contributed by atoms with Crippen LogP contribution in [-0.2, 0) is 9.53 Å². The van der Waals surface area contributed by atoms with Gasteiger partial charge in [0.15, 0.2) is 6.04 Å². The van der Waals surface area contributed by atoms with Gasteiger partial charge in [0.25, 0.3) is 0 Å². The van der Waals surface area contributed by atoms with Gasteiger partial charge < -0.3 is 14.4 Å². The van der Waals surface area contributed by atoms with Crippen molar-refractivity contribution in [2.45, 2.75) is 19.9 Å². The van der Waals surface area contributed by atoms with E-state index in [1.807, 2.05) is 33.2 Å². The molecule has 0 heterocycles. The lowest BCUT2D eigenvalue weighted by atomic mass is 10.0. The van der Waals surface area contributed by atoms with Crippen LogP contribution >= 0.6 is 15.9 Å². The second-order valence-corrected chi connectivity index (χ2v) is 5.59. The summed E-state index contributed by atoms with van der Waals surface area (Å²) >= 11 is 3.46. The lowest BCUT2D eigenvalue weighted by molar-refractivity contribution is -0.144. The first-order valence-electron chi connectivity index (χ1n) is 6.61. The molecule has 0 aliphatic rings. The van der Waals surface area contributed by atoms with E-state index < -0.39 is 6.04 Å². The first kappa shape index (κ1) is 17.5. The van der Waals surface area contributed by atoms with Crippen molar-refractivity contribution in [1.82, 2.24) is 4.90 Å². The summed E-state index contributed by atoms with van der Waals surface area (Å²) in [7, 11) is 5.31. The number of benzene rings is 1. The fourth-order valence-electron chi connectivity index (χ4n) is 1.88. The van der Waals surface area contributed by atoms with Crippen molar-refractivity contribution in [3.63, 3.8) is 0 Å². The Morgan fingerprint density at radius 2 is 2.14 bits per heavy atom. The number of hydrogen-bond acceptors (Lipinski definition) is 4. The molecule has 1 aromatic rings. The number of aryl methyl sites for hydroxylation is 1. The van der Waals surface area contributed by atoms with Crippen LogP contribution in [0.25, 0.3) is 0 Å². The van der Waals surface area contributed by atoms with Gasteiger partial charge in [-0.15, -0.1) is 0 Å².